The zero-order valence-corrected chi connectivity index (χ0v) is 66.2. The number of hydrogen-bond acceptors (Lipinski definition) is 6. The number of nitrogens with zero attached hydrogens (tertiary/aromatic N) is 3. The molecular formula is C105H78IrN3O3. The SMILES string of the molecule is CC(C)(C)c1ccnc(-c2[c-]cc(-c3ccccc3-c3cc(-c4ccccc4-c4c[c-]c(-c5cc(C(C)(C)C)ccn5)cc4-c4cccc5c4oc4ccccc45)cc(-c4ccccc4-c4c[c-]c(-c5cc(C(C)(C)C)ccn5)cc4-c4cccc5c4oc4ccccc45)c3)c(-c3cccc4c3oc3ccccc34)c2)c1.[Ir+3]. The van der Waals surface area contributed by atoms with E-state index in [4.69, 9.17) is 28.2 Å². The van der Waals surface area contributed by atoms with Gasteiger partial charge in [0, 0.05) is 67.6 Å². The number of aromatic nitrogens is 3. The molecule has 0 unspecified atom stereocenters. The minimum Gasteiger partial charge on any atom is -0.455 e. The molecule has 0 fully saturated rings. The van der Waals surface area contributed by atoms with Gasteiger partial charge in [-0.1, -0.05) is 313 Å². The van der Waals surface area contributed by atoms with Crippen molar-refractivity contribution in [2.24, 2.45) is 0 Å². The number of rotatable bonds is 12. The Bertz CT molecular complexity index is 6260. The minimum absolute atomic E-state index is 0. The molecule has 540 valence electrons. The summed E-state index contributed by atoms with van der Waals surface area (Å²) in [4.78, 5) is 15.1. The summed E-state index contributed by atoms with van der Waals surface area (Å²) in [5.41, 5.74) is 31.5. The third kappa shape index (κ3) is 12.7. The Morgan fingerprint density at radius 3 is 0.768 bits per heavy atom. The van der Waals surface area contributed by atoms with Crippen molar-refractivity contribution in [3.05, 3.63) is 345 Å². The van der Waals surface area contributed by atoms with Crippen LogP contribution in [0.15, 0.2) is 323 Å². The topological polar surface area (TPSA) is 78.1 Å². The van der Waals surface area contributed by atoms with Crippen LogP contribution < -0.4 is 0 Å². The van der Waals surface area contributed by atoms with E-state index in [0.717, 1.165) is 200 Å². The minimum atomic E-state index is -0.105. The van der Waals surface area contributed by atoms with Crippen molar-refractivity contribution in [3.8, 4) is 134 Å². The van der Waals surface area contributed by atoms with Crippen LogP contribution in [0, 0.1) is 18.2 Å². The predicted octanol–water partition coefficient (Wildman–Crippen LogP) is 28.9. The van der Waals surface area contributed by atoms with Crippen molar-refractivity contribution in [2.45, 2.75) is 78.6 Å². The molecule has 0 aliphatic heterocycles. The van der Waals surface area contributed by atoms with Gasteiger partial charge in [-0.05, 0) is 138 Å². The van der Waals surface area contributed by atoms with Crippen molar-refractivity contribution >= 4 is 65.8 Å². The van der Waals surface area contributed by atoms with E-state index in [1.807, 2.05) is 36.8 Å². The van der Waals surface area contributed by atoms with E-state index >= 15 is 0 Å². The standard InChI is InChI=1S/C105H78N3O3.Ir/c1-103(2,3)70-49-52-106-94(61-70)64-43-46-79(91(58-64)88-37-22-34-85-82-31-16-19-40-97(82)109-100(85)88)76-28-13-10-25-73(76)67-55-68(74-26-11-14-29-77(74)80-47-44-65(95-62-71(50-53-107-95)104(4,5)6)59-92(80)89-38-23-35-86-83-32-17-20-41-98(83)110-101(86)89)57-69(56-67)75-27-12-15-30-78(75)81-48-45-66(96-63-72(51-54-108-96)105(7,8)9)60-93(81)90-39-24-36-87-84-33-18-21-42-99(84)111-102(87)90;/h10-42,46-63H,1-9H3;/q-3;+3. The van der Waals surface area contributed by atoms with Crippen molar-refractivity contribution < 1.29 is 33.4 Å². The number of para-hydroxylation sites is 6. The first-order valence-electron chi connectivity index (χ1n) is 38.2. The summed E-state index contributed by atoms with van der Waals surface area (Å²) in [7, 11) is 0. The van der Waals surface area contributed by atoms with Crippen LogP contribution >= 0.6 is 0 Å². The molecule has 0 saturated heterocycles. The van der Waals surface area contributed by atoms with Gasteiger partial charge in [-0.3, -0.25) is 0 Å². The van der Waals surface area contributed by atoms with Crippen molar-refractivity contribution in [2.75, 3.05) is 0 Å². The zero-order valence-electron chi connectivity index (χ0n) is 63.8. The third-order valence-corrected chi connectivity index (χ3v) is 22.2. The van der Waals surface area contributed by atoms with Crippen molar-refractivity contribution in [3.63, 3.8) is 0 Å². The molecule has 0 saturated carbocycles. The quantitative estimate of drug-likeness (QED) is 0.113. The van der Waals surface area contributed by atoms with E-state index in [1.54, 1.807) is 0 Å². The van der Waals surface area contributed by atoms with Crippen LogP contribution in [0.4, 0.5) is 0 Å². The van der Waals surface area contributed by atoms with Crippen LogP contribution in [0.3, 0.4) is 0 Å². The number of fused-ring (bicyclic) bond motifs is 9. The number of hydrogen-bond donors (Lipinski definition) is 0. The third-order valence-electron chi connectivity index (χ3n) is 22.2. The molecular weight excluding hydrogens is 1540 g/mol. The maximum absolute atomic E-state index is 6.97. The molecule has 0 aliphatic carbocycles. The summed E-state index contributed by atoms with van der Waals surface area (Å²) in [5.74, 6) is 0. The molecule has 19 aromatic rings. The summed E-state index contributed by atoms with van der Waals surface area (Å²) < 4.78 is 20.9. The summed E-state index contributed by atoms with van der Waals surface area (Å²) in [6.45, 7) is 20.2. The molecule has 112 heavy (non-hydrogen) atoms. The van der Waals surface area contributed by atoms with Gasteiger partial charge in [0.2, 0.25) is 0 Å². The van der Waals surface area contributed by atoms with Gasteiger partial charge in [-0.15, -0.1) is 71.3 Å². The van der Waals surface area contributed by atoms with Gasteiger partial charge in [-0.2, -0.15) is 0 Å². The Kier molecular flexibility index (Phi) is 17.8. The first kappa shape index (κ1) is 71.0. The fraction of sp³-hybridized carbons (Fsp3) is 0.114. The molecule has 0 bridgehead atoms. The fourth-order valence-corrected chi connectivity index (χ4v) is 16.3. The maximum atomic E-state index is 6.97. The number of benzene rings is 13. The van der Waals surface area contributed by atoms with Crippen molar-refractivity contribution in [1.82, 2.24) is 15.0 Å². The van der Waals surface area contributed by atoms with Crippen LogP contribution in [0.2, 0.25) is 0 Å². The molecule has 0 radical (unpaired) electrons. The molecule has 0 amide bonds. The van der Waals surface area contributed by atoms with Crippen LogP contribution in [-0.2, 0) is 36.4 Å². The van der Waals surface area contributed by atoms with E-state index in [1.165, 1.54) is 16.7 Å². The molecule has 19 rings (SSSR count). The average Bonchev–Trinajstić information content (AvgIpc) is 1.35. The summed E-state index contributed by atoms with van der Waals surface area (Å²) in [6, 6.07) is 116. The Balaban J connectivity index is 0.00000876. The normalized spacial score (nSPS) is 12.1. The molecule has 0 N–H and O–H groups in total. The number of pyridine rings is 3. The molecule has 0 spiro atoms. The Morgan fingerprint density at radius 1 is 0.232 bits per heavy atom. The largest absolute Gasteiger partial charge is 3.00 e. The zero-order chi connectivity index (χ0) is 75.4. The Morgan fingerprint density at radius 2 is 0.482 bits per heavy atom. The van der Waals surface area contributed by atoms with Gasteiger partial charge >= 0.3 is 20.1 Å². The molecule has 0 aliphatic rings. The second kappa shape index (κ2) is 28.0. The summed E-state index contributed by atoms with van der Waals surface area (Å²) in [5, 5.41) is 6.34. The van der Waals surface area contributed by atoms with Gasteiger partial charge in [-0.25, -0.2) is 0 Å². The molecule has 7 heteroatoms. The van der Waals surface area contributed by atoms with Crippen LogP contribution in [-0.4, -0.2) is 15.0 Å². The van der Waals surface area contributed by atoms with Gasteiger partial charge in [0.05, 0.1) is 0 Å². The molecule has 13 aromatic carbocycles. The monoisotopic (exact) mass is 1620 g/mol. The maximum Gasteiger partial charge on any atom is 3.00 e. The second-order valence-corrected chi connectivity index (χ2v) is 32.3. The van der Waals surface area contributed by atoms with E-state index in [2.05, 4.69) is 353 Å². The first-order chi connectivity index (χ1) is 53.9. The molecule has 6 aromatic heterocycles. The molecule has 6 heterocycles. The van der Waals surface area contributed by atoms with Crippen LogP contribution in [0.1, 0.15) is 79.0 Å². The molecule has 0 atom stereocenters. The van der Waals surface area contributed by atoms with Gasteiger partial charge < -0.3 is 28.2 Å². The summed E-state index contributed by atoms with van der Waals surface area (Å²) in [6.07, 6.45) is 5.77. The van der Waals surface area contributed by atoms with E-state index < -0.39 is 0 Å². The Labute approximate surface area is 666 Å². The van der Waals surface area contributed by atoms with Gasteiger partial charge in [0.25, 0.3) is 0 Å². The van der Waals surface area contributed by atoms with Gasteiger partial charge in [0.1, 0.15) is 33.5 Å². The number of furan rings is 3. The second-order valence-electron chi connectivity index (χ2n) is 32.3. The van der Waals surface area contributed by atoms with E-state index in [0.29, 0.717) is 0 Å². The van der Waals surface area contributed by atoms with Crippen LogP contribution in [0.25, 0.3) is 200 Å². The van der Waals surface area contributed by atoms with Crippen LogP contribution in [0.5, 0.6) is 0 Å². The fourth-order valence-electron chi connectivity index (χ4n) is 16.3. The predicted molar refractivity (Wildman–Crippen MR) is 460 cm³/mol. The van der Waals surface area contributed by atoms with E-state index in [9.17, 15) is 0 Å². The summed E-state index contributed by atoms with van der Waals surface area (Å²) >= 11 is 0. The first-order valence-corrected chi connectivity index (χ1v) is 38.2. The van der Waals surface area contributed by atoms with Crippen molar-refractivity contribution in [1.29, 1.82) is 0 Å². The van der Waals surface area contributed by atoms with E-state index in [-0.39, 0.29) is 36.4 Å². The average molecular weight is 1620 g/mol. The van der Waals surface area contributed by atoms with Gasteiger partial charge in [0.15, 0.2) is 0 Å². The smallest absolute Gasteiger partial charge is 0.455 e. The molecule has 6 nitrogen and oxygen atoms in total. The Hall–Kier alpha value is -12.6.